The molecule has 1 saturated heterocycles. The van der Waals surface area contributed by atoms with Gasteiger partial charge < -0.3 is 15.8 Å². The maximum absolute atomic E-state index is 13.1. The van der Waals surface area contributed by atoms with Crippen LogP contribution in [-0.2, 0) is 9.53 Å². The first kappa shape index (κ1) is 17.2. The van der Waals surface area contributed by atoms with Crippen molar-refractivity contribution in [3.8, 4) is 0 Å². The molecule has 0 radical (unpaired) electrons. The normalized spacial score (nSPS) is 27.7. The summed E-state index contributed by atoms with van der Waals surface area (Å²) >= 11 is 0. The summed E-state index contributed by atoms with van der Waals surface area (Å²) < 4.78 is 44.2. The van der Waals surface area contributed by atoms with Gasteiger partial charge in [0.1, 0.15) is 11.8 Å². The number of hydrogen-bond acceptors (Lipinski definition) is 4. The Labute approximate surface area is 130 Å². The van der Waals surface area contributed by atoms with Crippen LogP contribution in [0.15, 0.2) is 18.3 Å². The second-order valence-corrected chi connectivity index (χ2v) is 5.63. The van der Waals surface area contributed by atoms with Crippen LogP contribution < -0.4 is 11.1 Å². The third-order valence-electron chi connectivity index (χ3n) is 4.03. The lowest BCUT2D eigenvalue weighted by Gasteiger charge is -2.30. The number of anilines is 1. The second-order valence-electron chi connectivity index (χ2n) is 5.63. The van der Waals surface area contributed by atoms with E-state index in [1.54, 1.807) is 0 Å². The van der Waals surface area contributed by atoms with Gasteiger partial charge in [0.25, 0.3) is 11.8 Å². The van der Waals surface area contributed by atoms with E-state index in [0.29, 0.717) is 0 Å². The second kappa shape index (κ2) is 5.80. The van der Waals surface area contributed by atoms with Crippen LogP contribution in [0.5, 0.6) is 0 Å². The van der Waals surface area contributed by atoms with Crippen molar-refractivity contribution in [1.82, 2.24) is 4.98 Å². The monoisotopic (exact) mass is 331 g/mol. The van der Waals surface area contributed by atoms with E-state index >= 15 is 0 Å². The van der Waals surface area contributed by atoms with Crippen molar-refractivity contribution in [2.24, 2.45) is 11.7 Å². The average Bonchev–Trinajstić information content (AvgIpc) is 2.76. The minimum Gasteiger partial charge on any atom is -0.364 e. The van der Waals surface area contributed by atoms with Crippen molar-refractivity contribution < 1.29 is 27.5 Å². The third kappa shape index (κ3) is 3.29. The van der Waals surface area contributed by atoms with E-state index in [1.807, 2.05) is 0 Å². The standard InChI is InChI=1S/C14H16F3N3O3/c1-7-5-10(23-13(7,2)14(15,16)17)12(22)20-8-3-4-19-9(6-8)11(18)21/h3-4,6-7,10H,5H2,1-2H3,(H2,18,21)(H,19,20,22)/t7-,10+,13+/m1/s1. The summed E-state index contributed by atoms with van der Waals surface area (Å²) in [5.41, 5.74) is 2.84. The van der Waals surface area contributed by atoms with Crippen molar-refractivity contribution in [3.05, 3.63) is 24.0 Å². The zero-order chi connectivity index (χ0) is 17.4. The van der Waals surface area contributed by atoms with Gasteiger partial charge in [0.05, 0.1) is 0 Å². The van der Waals surface area contributed by atoms with Crippen molar-refractivity contribution in [2.75, 3.05) is 5.32 Å². The van der Waals surface area contributed by atoms with E-state index in [9.17, 15) is 22.8 Å². The van der Waals surface area contributed by atoms with Gasteiger partial charge in [-0.25, -0.2) is 0 Å². The average molecular weight is 331 g/mol. The number of carbonyl (C=O) groups excluding carboxylic acids is 2. The highest BCUT2D eigenvalue weighted by Gasteiger charge is 2.61. The van der Waals surface area contributed by atoms with Crippen LogP contribution >= 0.6 is 0 Å². The van der Waals surface area contributed by atoms with Crippen LogP contribution in [-0.4, -0.2) is 34.7 Å². The highest BCUT2D eigenvalue weighted by atomic mass is 19.4. The molecular formula is C14H16F3N3O3. The molecule has 0 aromatic carbocycles. The zero-order valence-corrected chi connectivity index (χ0v) is 12.5. The molecule has 1 aromatic heterocycles. The molecule has 0 saturated carbocycles. The van der Waals surface area contributed by atoms with E-state index < -0.39 is 35.6 Å². The number of pyridine rings is 1. The molecule has 0 bridgehead atoms. The molecule has 126 valence electrons. The van der Waals surface area contributed by atoms with Crippen molar-refractivity contribution in [3.63, 3.8) is 0 Å². The molecule has 2 amide bonds. The number of amides is 2. The lowest BCUT2D eigenvalue weighted by atomic mass is 9.89. The number of rotatable bonds is 3. The molecule has 6 nitrogen and oxygen atoms in total. The lowest BCUT2D eigenvalue weighted by Crippen LogP contribution is -2.47. The number of hydrogen-bond donors (Lipinski definition) is 2. The largest absolute Gasteiger partial charge is 0.417 e. The zero-order valence-electron chi connectivity index (χ0n) is 12.5. The highest BCUT2D eigenvalue weighted by molar-refractivity contribution is 5.96. The molecule has 0 spiro atoms. The number of nitrogens with zero attached hydrogens (tertiary/aromatic N) is 1. The Hall–Kier alpha value is -2.16. The van der Waals surface area contributed by atoms with E-state index in [-0.39, 0.29) is 17.8 Å². The number of ether oxygens (including phenoxy) is 1. The fourth-order valence-electron chi connectivity index (χ4n) is 2.38. The predicted octanol–water partition coefficient (Wildman–Crippen LogP) is 1.86. The summed E-state index contributed by atoms with van der Waals surface area (Å²) in [5.74, 6) is -2.36. The third-order valence-corrected chi connectivity index (χ3v) is 4.03. The summed E-state index contributed by atoms with van der Waals surface area (Å²) in [6, 6.07) is 2.63. The highest BCUT2D eigenvalue weighted by Crippen LogP contribution is 2.46. The van der Waals surface area contributed by atoms with Crippen molar-refractivity contribution in [2.45, 2.75) is 38.1 Å². The molecule has 1 aromatic rings. The smallest absolute Gasteiger partial charge is 0.364 e. The number of aromatic nitrogens is 1. The van der Waals surface area contributed by atoms with E-state index in [0.717, 1.165) is 6.92 Å². The topological polar surface area (TPSA) is 94.3 Å². The van der Waals surface area contributed by atoms with E-state index in [2.05, 4.69) is 10.3 Å². The van der Waals surface area contributed by atoms with Crippen molar-refractivity contribution >= 4 is 17.5 Å². The number of carbonyl (C=O) groups is 2. The molecule has 9 heteroatoms. The minimum absolute atomic E-state index is 0.0599. The fraction of sp³-hybridized carbons (Fsp3) is 0.500. The quantitative estimate of drug-likeness (QED) is 0.884. The predicted molar refractivity (Wildman–Crippen MR) is 74.5 cm³/mol. The number of primary amides is 1. The number of nitrogens with one attached hydrogen (secondary N) is 1. The molecule has 3 atom stereocenters. The first-order valence-electron chi connectivity index (χ1n) is 6.86. The summed E-state index contributed by atoms with van der Waals surface area (Å²) in [7, 11) is 0. The van der Waals surface area contributed by atoms with E-state index in [4.69, 9.17) is 10.5 Å². The number of nitrogens with two attached hydrogens (primary N) is 1. The van der Waals surface area contributed by atoms with Crippen LogP contribution in [0, 0.1) is 5.92 Å². The van der Waals surface area contributed by atoms with Gasteiger partial charge in [-0.1, -0.05) is 6.92 Å². The molecule has 1 aliphatic rings. The molecule has 3 N–H and O–H groups in total. The molecule has 1 fully saturated rings. The molecule has 1 aliphatic heterocycles. The van der Waals surface area contributed by atoms with Gasteiger partial charge in [-0.3, -0.25) is 14.6 Å². The van der Waals surface area contributed by atoms with Gasteiger partial charge in [0.15, 0.2) is 5.60 Å². The maximum atomic E-state index is 13.1. The van der Waals surface area contributed by atoms with Gasteiger partial charge in [0, 0.05) is 11.9 Å². The fourth-order valence-corrected chi connectivity index (χ4v) is 2.38. The van der Waals surface area contributed by atoms with Crippen LogP contribution in [0.4, 0.5) is 18.9 Å². The summed E-state index contributed by atoms with van der Waals surface area (Å²) in [5, 5.41) is 2.41. The molecule has 23 heavy (non-hydrogen) atoms. The first-order chi connectivity index (χ1) is 10.5. The van der Waals surface area contributed by atoms with Crippen molar-refractivity contribution in [1.29, 1.82) is 0 Å². The van der Waals surface area contributed by atoms with E-state index in [1.165, 1.54) is 25.3 Å². The van der Waals surface area contributed by atoms with Gasteiger partial charge in [0.2, 0.25) is 0 Å². The summed E-state index contributed by atoms with van der Waals surface area (Å²) in [4.78, 5) is 26.9. The van der Waals surface area contributed by atoms with Gasteiger partial charge in [-0.15, -0.1) is 0 Å². The summed E-state index contributed by atoms with van der Waals surface area (Å²) in [6.45, 7) is 2.32. The molecule has 2 rings (SSSR count). The number of halogens is 3. The Kier molecular flexibility index (Phi) is 4.34. The van der Waals surface area contributed by atoms with Crippen LogP contribution in [0.3, 0.4) is 0 Å². The number of alkyl halides is 3. The first-order valence-corrected chi connectivity index (χ1v) is 6.86. The molecular weight excluding hydrogens is 315 g/mol. The Morgan fingerprint density at radius 3 is 2.65 bits per heavy atom. The Balaban J connectivity index is 2.11. The summed E-state index contributed by atoms with van der Waals surface area (Å²) in [6.07, 6.45) is -4.61. The Morgan fingerprint density at radius 2 is 2.13 bits per heavy atom. The molecule has 0 unspecified atom stereocenters. The Bertz CT molecular complexity index is 635. The van der Waals surface area contributed by atoms with Gasteiger partial charge in [-0.2, -0.15) is 13.2 Å². The SMILES string of the molecule is C[C@@H]1C[C@@H](C(=O)Nc2ccnc(C(N)=O)c2)O[C@]1(C)C(F)(F)F. The van der Waals surface area contributed by atoms with Gasteiger partial charge >= 0.3 is 6.18 Å². The minimum atomic E-state index is -4.57. The molecule has 0 aliphatic carbocycles. The van der Waals surface area contributed by atoms with Gasteiger partial charge in [-0.05, 0) is 31.4 Å². The molecule has 2 heterocycles. The maximum Gasteiger partial charge on any atom is 0.417 e. The lowest BCUT2D eigenvalue weighted by molar-refractivity contribution is -0.272. The van der Waals surface area contributed by atoms with Crippen LogP contribution in [0.25, 0.3) is 0 Å². The van der Waals surface area contributed by atoms with Crippen LogP contribution in [0.1, 0.15) is 30.8 Å². The van der Waals surface area contributed by atoms with Crippen LogP contribution in [0.2, 0.25) is 0 Å². The Morgan fingerprint density at radius 1 is 1.48 bits per heavy atom.